The van der Waals surface area contributed by atoms with Crippen LogP contribution >= 0.6 is 15.9 Å². The van der Waals surface area contributed by atoms with E-state index in [-0.39, 0.29) is 6.04 Å². The monoisotopic (exact) mass is 292 g/mol. The van der Waals surface area contributed by atoms with Gasteiger partial charge in [0.2, 0.25) is 0 Å². The third-order valence-corrected chi connectivity index (χ3v) is 3.43. The number of nitrogens with zero attached hydrogens (tertiary/aromatic N) is 2. The maximum Gasteiger partial charge on any atom is 0.0717 e. The summed E-state index contributed by atoms with van der Waals surface area (Å²) < 4.78 is 2.91. The molecule has 1 atom stereocenters. The fraction of sp³-hybridized carbons (Fsp3) is 0.250. The molecule has 0 saturated heterocycles. The predicted molar refractivity (Wildman–Crippen MR) is 72.2 cm³/mol. The van der Waals surface area contributed by atoms with Crippen molar-refractivity contribution in [2.75, 3.05) is 17.2 Å². The molecule has 2 aromatic rings. The molecule has 2 heterocycles. The first kappa shape index (κ1) is 10.7. The van der Waals surface area contributed by atoms with Crippen molar-refractivity contribution in [1.29, 1.82) is 0 Å². The Bertz CT molecular complexity index is 549. The number of anilines is 2. The minimum atomic E-state index is 0.269. The number of benzene rings is 1. The fourth-order valence-electron chi connectivity index (χ4n) is 2.06. The lowest BCUT2D eigenvalue weighted by atomic mass is 10.1. The molecule has 0 bridgehead atoms. The predicted octanol–water partition coefficient (Wildman–Crippen LogP) is 2.76. The van der Waals surface area contributed by atoms with Crippen LogP contribution in [-0.2, 0) is 7.05 Å². The second kappa shape index (κ2) is 4.07. The number of hydrogen-bond acceptors (Lipinski definition) is 3. The van der Waals surface area contributed by atoms with Gasteiger partial charge in [-0.05, 0) is 18.2 Å². The number of rotatable bonds is 1. The molecular formula is C12H13BrN4. The third-order valence-electron chi connectivity index (χ3n) is 2.94. The van der Waals surface area contributed by atoms with Gasteiger partial charge in [0, 0.05) is 29.8 Å². The van der Waals surface area contributed by atoms with Gasteiger partial charge in [0.05, 0.1) is 23.6 Å². The molecule has 0 saturated carbocycles. The van der Waals surface area contributed by atoms with E-state index >= 15 is 0 Å². The van der Waals surface area contributed by atoms with Crippen LogP contribution in [0, 0.1) is 0 Å². The van der Waals surface area contributed by atoms with Crippen LogP contribution in [-0.4, -0.2) is 16.3 Å². The number of hydrogen-bond donors (Lipinski definition) is 2. The smallest absolute Gasteiger partial charge is 0.0717 e. The third kappa shape index (κ3) is 2.02. The quantitative estimate of drug-likeness (QED) is 0.849. The highest BCUT2D eigenvalue weighted by Crippen LogP contribution is 2.33. The molecule has 0 fully saturated rings. The van der Waals surface area contributed by atoms with Gasteiger partial charge < -0.3 is 10.6 Å². The second-order valence-corrected chi connectivity index (χ2v) is 5.13. The molecule has 4 nitrogen and oxygen atoms in total. The van der Waals surface area contributed by atoms with Crippen LogP contribution < -0.4 is 10.6 Å². The van der Waals surface area contributed by atoms with Gasteiger partial charge in [-0.2, -0.15) is 5.10 Å². The SMILES string of the molecule is Cn1cc(C2CNc3ccc(Br)cc3N2)cn1. The Hall–Kier alpha value is -1.49. The lowest BCUT2D eigenvalue weighted by Crippen LogP contribution is -2.25. The molecule has 1 aromatic carbocycles. The van der Waals surface area contributed by atoms with E-state index in [1.165, 1.54) is 5.56 Å². The van der Waals surface area contributed by atoms with Crippen molar-refractivity contribution in [2.45, 2.75) is 6.04 Å². The average molecular weight is 293 g/mol. The lowest BCUT2D eigenvalue weighted by molar-refractivity contribution is 0.761. The van der Waals surface area contributed by atoms with E-state index in [0.29, 0.717) is 0 Å². The summed E-state index contributed by atoms with van der Waals surface area (Å²) in [5.41, 5.74) is 3.47. The number of aromatic nitrogens is 2. The van der Waals surface area contributed by atoms with Crippen LogP contribution in [0.5, 0.6) is 0 Å². The van der Waals surface area contributed by atoms with Gasteiger partial charge in [0.25, 0.3) is 0 Å². The Morgan fingerprint density at radius 1 is 1.41 bits per heavy atom. The topological polar surface area (TPSA) is 41.9 Å². The maximum absolute atomic E-state index is 4.20. The summed E-state index contributed by atoms with van der Waals surface area (Å²) >= 11 is 3.49. The van der Waals surface area contributed by atoms with Gasteiger partial charge >= 0.3 is 0 Å². The van der Waals surface area contributed by atoms with E-state index < -0.39 is 0 Å². The van der Waals surface area contributed by atoms with E-state index in [1.54, 1.807) is 0 Å². The molecule has 3 rings (SSSR count). The highest BCUT2D eigenvalue weighted by Gasteiger charge is 2.19. The zero-order valence-electron chi connectivity index (χ0n) is 9.44. The Morgan fingerprint density at radius 2 is 2.29 bits per heavy atom. The minimum Gasteiger partial charge on any atom is -0.381 e. The van der Waals surface area contributed by atoms with Crippen molar-refractivity contribution in [3.63, 3.8) is 0 Å². The molecule has 0 aliphatic carbocycles. The standard InChI is InChI=1S/C12H13BrN4/c1-17-7-8(5-15-17)12-6-14-10-3-2-9(13)4-11(10)16-12/h2-5,7,12,14,16H,6H2,1H3. The van der Waals surface area contributed by atoms with Gasteiger partial charge in [-0.15, -0.1) is 0 Å². The van der Waals surface area contributed by atoms with Crippen molar-refractivity contribution in [3.05, 3.63) is 40.6 Å². The Labute approximate surface area is 108 Å². The molecule has 1 unspecified atom stereocenters. The summed E-state index contributed by atoms with van der Waals surface area (Å²) in [5, 5.41) is 11.2. The Balaban J connectivity index is 1.89. The largest absolute Gasteiger partial charge is 0.381 e. The molecule has 0 amide bonds. The van der Waals surface area contributed by atoms with Crippen LogP contribution in [0.25, 0.3) is 0 Å². The average Bonchev–Trinajstić information content (AvgIpc) is 2.75. The van der Waals surface area contributed by atoms with Crippen molar-refractivity contribution >= 4 is 27.3 Å². The molecule has 2 N–H and O–H groups in total. The molecular weight excluding hydrogens is 280 g/mol. The molecule has 5 heteroatoms. The maximum atomic E-state index is 4.20. The van der Waals surface area contributed by atoms with Crippen molar-refractivity contribution in [3.8, 4) is 0 Å². The zero-order chi connectivity index (χ0) is 11.8. The molecule has 0 radical (unpaired) electrons. The van der Waals surface area contributed by atoms with Gasteiger partial charge in [-0.25, -0.2) is 0 Å². The van der Waals surface area contributed by atoms with E-state index in [9.17, 15) is 0 Å². The summed E-state index contributed by atoms with van der Waals surface area (Å²) in [5.74, 6) is 0. The first-order valence-corrected chi connectivity index (χ1v) is 6.30. The summed E-state index contributed by atoms with van der Waals surface area (Å²) in [7, 11) is 1.93. The van der Waals surface area contributed by atoms with Gasteiger partial charge in [-0.1, -0.05) is 15.9 Å². The minimum absolute atomic E-state index is 0.269. The second-order valence-electron chi connectivity index (χ2n) is 4.22. The number of nitrogens with one attached hydrogen (secondary N) is 2. The Morgan fingerprint density at radius 3 is 3.06 bits per heavy atom. The first-order chi connectivity index (χ1) is 8.22. The molecule has 17 heavy (non-hydrogen) atoms. The van der Waals surface area contributed by atoms with Crippen molar-refractivity contribution in [1.82, 2.24) is 9.78 Å². The van der Waals surface area contributed by atoms with Crippen LogP contribution in [0.4, 0.5) is 11.4 Å². The van der Waals surface area contributed by atoms with Crippen LogP contribution in [0.2, 0.25) is 0 Å². The van der Waals surface area contributed by atoms with Crippen LogP contribution in [0.3, 0.4) is 0 Å². The van der Waals surface area contributed by atoms with Crippen LogP contribution in [0.15, 0.2) is 35.1 Å². The molecule has 0 spiro atoms. The summed E-state index contributed by atoms with van der Waals surface area (Å²) in [6.07, 6.45) is 3.95. The molecule has 1 aromatic heterocycles. The van der Waals surface area contributed by atoms with Crippen LogP contribution in [0.1, 0.15) is 11.6 Å². The summed E-state index contributed by atoms with van der Waals surface area (Å²) in [6.45, 7) is 0.875. The van der Waals surface area contributed by atoms with E-state index in [4.69, 9.17) is 0 Å². The summed E-state index contributed by atoms with van der Waals surface area (Å²) in [6, 6.07) is 6.47. The highest BCUT2D eigenvalue weighted by molar-refractivity contribution is 9.10. The van der Waals surface area contributed by atoms with Crippen molar-refractivity contribution in [2.24, 2.45) is 7.05 Å². The molecule has 1 aliphatic rings. The van der Waals surface area contributed by atoms with E-state index in [1.807, 2.05) is 30.2 Å². The molecule has 88 valence electrons. The first-order valence-electron chi connectivity index (χ1n) is 5.51. The van der Waals surface area contributed by atoms with E-state index in [2.05, 4.69) is 43.8 Å². The van der Waals surface area contributed by atoms with Gasteiger partial charge in [0.15, 0.2) is 0 Å². The van der Waals surface area contributed by atoms with Crippen molar-refractivity contribution < 1.29 is 0 Å². The van der Waals surface area contributed by atoms with Gasteiger partial charge in [0.1, 0.15) is 0 Å². The fourth-order valence-corrected chi connectivity index (χ4v) is 2.42. The number of aryl methyl sites for hydroxylation is 1. The zero-order valence-corrected chi connectivity index (χ0v) is 11.0. The molecule has 1 aliphatic heterocycles. The van der Waals surface area contributed by atoms with Gasteiger partial charge in [-0.3, -0.25) is 4.68 Å². The summed E-state index contributed by atoms with van der Waals surface area (Å²) in [4.78, 5) is 0. The lowest BCUT2D eigenvalue weighted by Gasteiger charge is -2.27. The Kier molecular flexibility index (Phi) is 2.55. The highest BCUT2D eigenvalue weighted by atomic mass is 79.9. The van der Waals surface area contributed by atoms with E-state index in [0.717, 1.165) is 22.4 Å². The normalized spacial score (nSPS) is 18.1. The number of halogens is 1. The number of fused-ring (bicyclic) bond motifs is 1.